The summed E-state index contributed by atoms with van der Waals surface area (Å²) in [4.78, 5) is 36.2. The molecule has 220 valence electrons. The number of H-pyrrole nitrogens is 1. The Balaban J connectivity index is 1.34. The first-order chi connectivity index (χ1) is 20.3. The molecule has 1 aliphatic heterocycles. The highest BCUT2D eigenvalue weighted by atomic mass is 19.1. The van der Waals surface area contributed by atoms with Gasteiger partial charge in [0.2, 0.25) is 18.1 Å². The van der Waals surface area contributed by atoms with Crippen LogP contribution < -0.4 is 10.6 Å². The lowest BCUT2D eigenvalue weighted by molar-refractivity contribution is -0.231. The van der Waals surface area contributed by atoms with E-state index in [0.29, 0.717) is 47.5 Å². The second kappa shape index (κ2) is 13.1. The number of anilines is 1. The van der Waals surface area contributed by atoms with Gasteiger partial charge < -0.3 is 30.0 Å². The van der Waals surface area contributed by atoms with Gasteiger partial charge in [-0.25, -0.2) is 19.3 Å². The van der Waals surface area contributed by atoms with Crippen LogP contribution in [-0.4, -0.2) is 76.1 Å². The molecule has 0 radical (unpaired) electrons. The minimum Gasteiger partial charge on any atom is -0.355 e. The fraction of sp³-hybridized carbons (Fsp3) is 0.367. The van der Waals surface area contributed by atoms with Crippen molar-refractivity contribution in [3.05, 3.63) is 78.3 Å². The van der Waals surface area contributed by atoms with Crippen molar-refractivity contribution in [2.24, 2.45) is 5.41 Å². The first-order valence-corrected chi connectivity index (χ1v) is 13.8. The Bertz CT molecular complexity index is 1470. The summed E-state index contributed by atoms with van der Waals surface area (Å²) >= 11 is 0. The Labute approximate surface area is 243 Å². The molecule has 4 aromatic rings. The number of benzene rings is 1. The Kier molecular flexibility index (Phi) is 9.15. The number of carbonyl (C=O) groups excluding carboxylic acids is 1. The third kappa shape index (κ3) is 7.14. The van der Waals surface area contributed by atoms with Crippen LogP contribution >= 0.6 is 0 Å². The number of imidazole rings is 1. The zero-order valence-corrected chi connectivity index (χ0v) is 23.9. The van der Waals surface area contributed by atoms with Crippen LogP contribution in [0.4, 0.5) is 10.3 Å². The van der Waals surface area contributed by atoms with Gasteiger partial charge >= 0.3 is 0 Å². The van der Waals surface area contributed by atoms with Crippen molar-refractivity contribution in [3.8, 4) is 22.6 Å². The van der Waals surface area contributed by atoms with Crippen LogP contribution in [0.1, 0.15) is 31.0 Å². The first kappa shape index (κ1) is 29.2. The van der Waals surface area contributed by atoms with E-state index in [2.05, 4.69) is 35.5 Å². The van der Waals surface area contributed by atoms with Crippen LogP contribution in [-0.2, 0) is 20.8 Å². The van der Waals surface area contributed by atoms with Gasteiger partial charge in [-0.2, -0.15) is 0 Å². The summed E-state index contributed by atoms with van der Waals surface area (Å²) in [6.07, 6.45) is 5.17. The molecule has 1 aromatic carbocycles. The van der Waals surface area contributed by atoms with E-state index in [1.807, 2.05) is 33.2 Å². The van der Waals surface area contributed by atoms with E-state index in [4.69, 9.17) is 14.5 Å². The Hall–Kier alpha value is -4.26. The number of aromatic nitrogens is 5. The highest BCUT2D eigenvalue weighted by Gasteiger charge is 2.40. The Morgan fingerprint density at radius 1 is 1.12 bits per heavy atom. The normalized spacial score (nSPS) is 18.6. The molecule has 1 aliphatic rings. The van der Waals surface area contributed by atoms with Gasteiger partial charge in [0.15, 0.2) is 5.82 Å². The third-order valence-corrected chi connectivity index (χ3v) is 6.87. The highest BCUT2D eigenvalue weighted by Crippen LogP contribution is 2.35. The van der Waals surface area contributed by atoms with Crippen molar-refractivity contribution in [2.75, 3.05) is 45.7 Å². The van der Waals surface area contributed by atoms with E-state index in [9.17, 15) is 9.18 Å². The molecule has 3 N–H and O–H groups in total. The molecule has 1 fully saturated rings. The summed E-state index contributed by atoms with van der Waals surface area (Å²) in [5.41, 5.74) is 2.59. The number of rotatable bonds is 11. The van der Waals surface area contributed by atoms with Gasteiger partial charge in [-0.1, -0.05) is 6.07 Å². The fourth-order valence-corrected chi connectivity index (χ4v) is 4.48. The zero-order chi connectivity index (χ0) is 29.5. The van der Waals surface area contributed by atoms with E-state index in [0.717, 1.165) is 18.5 Å². The van der Waals surface area contributed by atoms with Crippen LogP contribution in [0.25, 0.3) is 22.6 Å². The molecule has 12 heteroatoms. The lowest BCUT2D eigenvalue weighted by Crippen LogP contribution is -2.49. The molecule has 0 unspecified atom stereocenters. The van der Waals surface area contributed by atoms with Crippen LogP contribution in [0.2, 0.25) is 0 Å². The zero-order valence-electron chi connectivity index (χ0n) is 23.9. The monoisotopic (exact) mass is 574 g/mol. The summed E-state index contributed by atoms with van der Waals surface area (Å²) < 4.78 is 25.8. The molecule has 0 bridgehead atoms. The van der Waals surface area contributed by atoms with E-state index in [-0.39, 0.29) is 24.9 Å². The topological polar surface area (TPSA) is 130 Å². The summed E-state index contributed by atoms with van der Waals surface area (Å²) in [6, 6.07) is 11.7. The Morgan fingerprint density at radius 2 is 1.90 bits per heavy atom. The Morgan fingerprint density at radius 3 is 2.62 bits per heavy atom. The predicted molar refractivity (Wildman–Crippen MR) is 156 cm³/mol. The number of ether oxygens (including phenoxy) is 2. The van der Waals surface area contributed by atoms with Crippen molar-refractivity contribution in [1.29, 1.82) is 0 Å². The number of aromatic amines is 1. The lowest BCUT2D eigenvalue weighted by Gasteiger charge is -2.35. The number of carbonyl (C=O) groups is 1. The van der Waals surface area contributed by atoms with Crippen LogP contribution in [0.5, 0.6) is 0 Å². The maximum Gasteiger partial charge on any atom is 0.230 e. The number of hydrogen-bond acceptors (Lipinski definition) is 9. The average molecular weight is 575 g/mol. The molecule has 11 nitrogen and oxygen atoms in total. The largest absolute Gasteiger partial charge is 0.355 e. The second-order valence-corrected chi connectivity index (χ2v) is 10.8. The molecule has 4 heterocycles. The molecule has 0 aliphatic carbocycles. The number of nitrogens with zero attached hydrogens (tertiary/aromatic N) is 5. The summed E-state index contributed by atoms with van der Waals surface area (Å²) in [5, 5.41) is 6.20. The molecule has 3 aromatic heterocycles. The molecule has 42 heavy (non-hydrogen) atoms. The van der Waals surface area contributed by atoms with Gasteiger partial charge in [0, 0.05) is 37.2 Å². The van der Waals surface area contributed by atoms with Crippen LogP contribution in [0.3, 0.4) is 0 Å². The maximum absolute atomic E-state index is 13.7. The number of halogens is 1. The molecular weight excluding hydrogens is 539 g/mol. The molecule has 0 spiro atoms. The van der Waals surface area contributed by atoms with Gasteiger partial charge in [-0.15, -0.1) is 0 Å². The van der Waals surface area contributed by atoms with Gasteiger partial charge in [-0.05, 0) is 75.9 Å². The molecule has 1 amide bonds. The van der Waals surface area contributed by atoms with Crippen molar-refractivity contribution in [2.45, 2.75) is 26.2 Å². The lowest BCUT2D eigenvalue weighted by atomic mass is 9.91. The second-order valence-electron chi connectivity index (χ2n) is 10.8. The molecule has 0 saturated carbocycles. The van der Waals surface area contributed by atoms with Crippen LogP contribution in [0, 0.1) is 11.2 Å². The number of pyridine rings is 1. The summed E-state index contributed by atoms with van der Waals surface area (Å²) in [5.74, 6) is 0.383. The van der Waals surface area contributed by atoms with E-state index >= 15 is 0 Å². The van der Waals surface area contributed by atoms with Gasteiger partial charge in [0.1, 0.15) is 5.82 Å². The summed E-state index contributed by atoms with van der Waals surface area (Å²) in [6.45, 7) is 4.11. The quantitative estimate of drug-likeness (QED) is 0.229. The highest BCUT2D eigenvalue weighted by molar-refractivity contribution is 5.82. The molecule has 5 rings (SSSR count). The molecular formula is C30H35FN8O3. The average Bonchev–Trinajstić information content (AvgIpc) is 3.45. The standard InChI is InChI=1S/C30H35FN8O3/c1-30(28(40)33-13-5-15-39(2)3)18-41-27(42-19-30)26-37-24(21-7-9-22(31)10-8-21)25(38-26)23-11-14-34-29(36-23)35-17-20-6-4-12-32-16-20/h4,6-12,14,16,27H,5,13,15,17-19H2,1-3H3,(H,33,40)(H,37,38)(H,34,35,36). The fourth-order valence-electron chi connectivity index (χ4n) is 4.48. The van der Waals surface area contributed by atoms with Gasteiger partial charge in [0.25, 0.3) is 0 Å². The predicted octanol–water partition coefficient (Wildman–Crippen LogP) is 3.80. The van der Waals surface area contributed by atoms with E-state index in [1.165, 1.54) is 12.1 Å². The van der Waals surface area contributed by atoms with E-state index in [1.54, 1.807) is 36.8 Å². The minimum absolute atomic E-state index is 0.112. The smallest absolute Gasteiger partial charge is 0.230 e. The van der Waals surface area contributed by atoms with Crippen LogP contribution in [0.15, 0.2) is 61.1 Å². The maximum atomic E-state index is 13.7. The van der Waals surface area contributed by atoms with E-state index < -0.39 is 11.7 Å². The number of hydrogen-bond donors (Lipinski definition) is 3. The SMILES string of the molecule is CN(C)CCCNC(=O)C1(C)COC(c2nc(-c3ccc(F)cc3)c(-c3ccnc(NCc4cccnc4)n3)[nH]2)OC1. The third-order valence-electron chi connectivity index (χ3n) is 6.87. The van der Waals surface area contributed by atoms with Crippen molar-refractivity contribution in [3.63, 3.8) is 0 Å². The number of nitrogens with one attached hydrogen (secondary N) is 3. The van der Waals surface area contributed by atoms with Crippen molar-refractivity contribution in [1.82, 2.24) is 35.1 Å². The first-order valence-electron chi connectivity index (χ1n) is 13.8. The van der Waals surface area contributed by atoms with Crippen molar-refractivity contribution < 1.29 is 18.7 Å². The number of amides is 1. The summed E-state index contributed by atoms with van der Waals surface area (Å²) in [7, 11) is 4.00. The van der Waals surface area contributed by atoms with Crippen molar-refractivity contribution >= 4 is 11.9 Å². The van der Waals surface area contributed by atoms with Gasteiger partial charge in [0.05, 0.1) is 35.7 Å². The minimum atomic E-state index is -0.828. The molecule has 0 atom stereocenters. The molecule has 1 saturated heterocycles. The van der Waals surface area contributed by atoms with Gasteiger partial charge in [-0.3, -0.25) is 9.78 Å².